The largest absolute Gasteiger partial charge is 0.508 e. The number of thioether (sulfide) groups is 1. The van der Waals surface area contributed by atoms with Gasteiger partial charge in [0.15, 0.2) is 4.80 Å². The second-order valence-corrected chi connectivity index (χ2v) is 9.06. The van der Waals surface area contributed by atoms with Crippen LogP contribution in [0.5, 0.6) is 5.75 Å². The minimum Gasteiger partial charge on any atom is -0.508 e. The summed E-state index contributed by atoms with van der Waals surface area (Å²) in [6, 6.07) is 13.8. The molecule has 6 nitrogen and oxygen atoms in total. The van der Waals surface area contributed by atoms with E-state index in [-0.39, 0.29) is 17.9 Å². The standard InChI is InChI=1S/C24H22N2O4S2/c1-4-30-23(29)20-14(2)25-24-26(21(20)16-7-11-18(31-3)12-8-16)22(28)19(32-24)13-15-5-9-17(27)10-6-15/h5-13,21,27H,4H2,1-3H3/b19-13-/t21-/m0/s1. The molecule has 0 amide bonds. The third-order valence-corrected chi connectivity index (χ3v) is 6.87. The molecule has 8 heteroatoms. The summed E-state index contributed by atoms with van der Waals surface area (Å²) in [5.41, 5.74) is 2.29. The van der Waals surface area contributed by atoms with Crippen LogP contribution in [0.3, 0.4) is 0 Å². The van der Waals surface area contributed by atoms with Gasteiger partial charge in [-0.3, -0.25) is 9.36 Å². The lowest BCUT2D eigenvalue weighted by Gasteiger charge is -2.24. The number of fused-ring (bicyclic) bond motifs is 1. The number of hydrogen-bond acceptors (Lipinski definition) is 7. The van der Waals surface area contributed by atoms with Crippen molar-refractivity contribution in [1.29, 1.82) is 0 Å². The summed E-state index contributed by atoms with van der Waals surface area (Å²) in [6.45, 7) is 3.76. The first-order valence-electron chi connectivity index (χ1n) is 10.1. The normalized spacial score (nSPS) is 16.0. The number of thiazole rings is 1. The molecule has 0 saturated carbocycles. The summed E-state index contributed by atoms with van der Waals surface area (Å²) in [5.74, 6) is -0.312. The van der Waals surface area contributed by atoms with E-state index >= 15 is 0 Å². The van der Waals surface area contributed by atoms with Crippen LogP contribution >= 0.6 is 23.1 Å². The molecule has 0 aliphatic carbocycles. The van der Waals surface area contributed by atoms with Crippen molar-refractivity contribution in [2.45, 2.75) is 24.8 Å². The highest BCUT2D eigenvalue weighted by atomic mass is 32.2. The number of nitrogens with zero attached hydrogens (tertiary/aromatic N) is 2. The Morgan fingerprint density at radius 2 is 1.91 bits per heavy atom. The molecule has 1 aromatic heterocycles. The van der Waals surface area contributed by atoms with Gasteiger partial charge in [0.25, 0.3) is 5.56 Å². The van der Waals surface area contributed by atoms with Gasteiger partial charge in [-0.05, 0) is 61.6 Å². The maximum atomic E-state index is 13.5. The molecule has 0 radical (unpaired) electrons. The van der Waals surface area contributed by atoms with Gasteiger partial charge in [-0.2, -0.15) is 0 Å². The summed E-state index contributed by atoms with van der Waals surface area (Å²) in [4.78, 5) is 32.6. The van der Waals surface area contributed by atoms with Gasteiger partial charge in [0.05, 0.1) is 28.5 Å². The summed E-state index contributed by atoms with van der Waals surface area (Å²) in [7, 11) is 0. The van der Waals surface area contributed by atoms with E-state index in [1.807, 2.05) is 30.5 Å². The third-order valence-electron chi connectivity index (χ3n) is 5.14. The molecular weight excluding hydrogens is 444 g/mol. The molecule has 164 valence electrons. The fraction of sp³-hybridized carbons (Fsp3) is 0.208. The van der Waals surface area contributed by atoms with Gasteiger partial charge in [-0.1, -0.05) is 35.6 Å². The zero-order valence-corrected chi connectivity index (χ0v) is 19.5. The molecule has 32 heavy (non-hydrogen) atoms. The Morgan fingerprint density at radius 1 is 1.22 bits per heavy atom. The van der Waals surface area contributed by atoms with Crippen molar-refractivity contribution in [1.82, 2.24) is 4.57 Å². The Kier molecular flexibility index (Phi) is 6.34. The number of allylic oxidation sites excluding steroid dienone is 1. The summed E-state index contributed by atoms with van der Waals surface area (Å²) < 4.78 is 7.38. The summed E-state index contributed by atoms with van der Waals surface area (Å²) in [6.07, 6.45) is 3.76. The topological polar surface area (TPSA) is 80.9 Å². The monoisotopic (exact) mass is 466 g/mol. The number of hydrogen-bond donors (Lipinski definition) is 1. The summed E-state index contributed by atoms with van der Waals surface area (Å²) >= 11 is 2.90. The van der Waals surface area contributed by atoms with Gasteiger partial charge in [0, 0.05) is 4.90 Å². The predicted octanol–water partition coefficient (Wildman–Crippen LogP) is 3.23. The molecule has 1 N–H and O–H groups in total. The molecule has 3 aromatic rings. The molecule has 2 heterocycles. The number of benzene rings is 2. The van der Waals surface area contributed by atoms with E-state index in [9.17, 15) is 14.7 Å². The Balaban J connectivity index is 1.93. The molecule has 0 bridgehead atoms. The predicted molar refractivity (Wildman–Crippen MR) is 127 cm³/mol. The number of carbonyl (C=O) groups is 1. The van der Waals surface area contributed by atoms with E-state index in [1.54, 1.807) is 60.5 Å². The molecule has 2 aromatic carbocycles. The first-order valence-corrected chi connectivity index (χ1v) is 12.1. The average molecular weight is 467 g/mol. The fourth-order valence-electron chi connectivity index (χ4n) is 3.62. The van der Waals surface area contributed by atoms with Crippen molar-refractivity contribution in [3.8, 4) is 5.75 Å². The van der Waals surface area contributed by atoms with Gasteiger partial charge in [0.2, 0.25) is 0 Å². The minimum absolute atomic E-state index is 0.159. The van der Waals surface area contributed by atoms with Crippen LogP contribution in [0.4, 0.5) is 0 Å². The van der Waals surface area contributed by atoms with Gasteiger partial charge in [-0.15, -0.1) is 11.8 Å². The fourth-order valence-corrected chi connectivity index (χ4v) is 5.07. The minimum atomic E-state index is -0.622. The Hall–Kier alpha value is -3.10. The van der Waals surface area contributed by atoms with Crippen molar-refractivity contribution in [3.05, 3.63) is 90.6 Å². The zero-order valence-electron chi connectivity index (χ0n) is 17.9. The highest BCUT2D eigenvalue weighted by molar-refractivity contribution is 7.98. The number of rotatable bonds is 5. The molecule has 0 fully saturated rings. The molecule has 0 saturated heterocycles. The van der Waals surface area contributed by atoms with Gasteiger partial charge < -0.3 is 9.84 Å². The van der Waals surface area contributed by atoms with Crippen LogP contribution in [0.1, 0.15) is 31.0 Å². The Morgan fingerprint density at radius 3 is 2.53 bits per heavy atom. The van der Waals surface area contributed by atoms with E-state index in [0.29, 0.717) is 20.6 Å². The lowest BCUT2D eigenvalue weighted by Crippen LogP contribution is -2.39. The zero-order chi connectivity index (χ0) is 22.8. The number of ether oxygens (including phenoxy) is 1. The van der Waals surface area contributed by atoms with Crippen LogP contribution < -0.4 is 14.9 Å². The number of aromatic hydroxyl groups is 1. The van der Waals surface area contributed by atoms with Crippen molar-refractivity contribution in [2.24, 2.45) is 4.99 Å². The molecular formula is C24H22N2O4S2. The van der Waals surface area contributed by atoms with Crippen molar-refractivity contribution in [2.75, 3.05) is 12.9 Å². The number of phenols is 1. The van der Waals surface area contributed by atoms with Gasteiger partial charge in [0.1, 0.15) is 5.75 Å². The van der Waals surface area contributed by atoms with Gasteiger partial charge in [-0.25, -0.2) is 9.79 Å². The Bertz CT molecular complexity index is 1370. The number of phenolic OH excluding ortho intramolecular Hbond substituents is 1. The van der Waals surface area contributed by atoms with Crippen molar-refractivity contribution in [3.63, 3.8) is 0 Å². The number of aromatic nitrogens is 1. The van der Waals surface area contributed by atoms with Crippen LogP contribution in [0, 0.1) is 0 Å². The van der Waals surface area contributed by atoms with Crippen LogP contribution in [-0.4, -0.2) is 28.5 Å². The highest BCUT2D eigenvalue weighted by Crippen LogP contribution is 2.31. The maximum Gasteiger partial charge on any atom is 0.338 e. The van der Waals surface area contributed by atoms with E-state index < -0.39 is 12.0 Å². The Labute approximate surface area is 193 Å². The average Bonchev–Trinajstić information content (AvgIpc) is 3.09. The lowest BCUT2D eigenvalue weighted by atomic mass is 9.96. The molecule has 0 unspecified atom stereocenters. The maximum absolute atomic E-state index is 13.5. The van der Waals surface area contributed by atoms with Gasteiger partial charge >= 0.3 is 5.97 Å². The molecule has 1 atom stereocenters. The van der Waals surface area contributed by atoms with Crippen LogP contribution in [0.15, 0.2) is 74.5 Å². The van der Waals surface area contributed by atoms with E-state index in [2.05, 4.69) is 4.99 Å². The van der Waals surface area contributed by atoms with Crippen LogP contribution in [0.25, 0.3) is 6.08 Å². The molecule has 4 rings (SSSR count). The highest BCUT2D eigenvalue weighted by Gasteiger charge is 2.33. The lowest BCUT2D eigenvalue weighted by molar-refractivity contribution is -0.139. The van der Waals surface area contributed by atoms with Crippen LogP contribution in [0.2, 0.25) is 0 Å². The first-order chi connectivity index (χ1) is 15.4. The SMILES string of the molecule is CCOC(=O)C1=C(C)N=c2s/c(=C\c3ccc(O)cc3)c(=O)n2[C@H]1c1ccc(SC)cc1. The van der Waals surface area contributed by atoms with Crippen molar-refractivity contribution < 1.29 is 14.6 Å². The van der Waals surface area contributed by atoms with Crippen molar-refractivity contribution >= 4 is 35.1 Å². The van der Waals surface area contributed by atoms with E-state index in [4.69, 9.17) is 4.74 Å². The molecule has 1 aliphatic heterocycles. The molecule has 0 spiro atoms. The first kappa shape index (κ1) is 22.1. The molecule has 1 aliphatic rings. The third kappa shape index (κ3) is 4.16. The second-order valence-electron chi connectivity index (χ2n) is 7.17. The van der Waals surface area contributed by atoms with E-state index in [1.165, 1.54) is 11.3 Å². The quantitative estimate of drug-likeness (QED) is 0.461. The summed E-state index contributed by atoms with van der Waals surface area (Å²) in [5, 5.41) is 9.52. The number of carbonyl (C=O) groups excluding carboxylic acids is 1. The van der Waals surface area contributed by atoms with Crippen LogP contribution in [-0.2, 0) is 9.53 Å². The number of esters is 1. The van der Waals surface area contributed by atoms with E-state index in [0.717, 1.165) is 16.0 Å². The second kappa shape index (κ2) is 9.18. The smallest absolute Gasteiger partial charge is 0.338 e.